The molecule has 0 aliphatic rings. The first-order valence-electron chi connectivity index (χ1n) is 42.4. The Balaban J connectivity index is 0.000000157. The van der Waals surface area contributed by atoms with E-state index in [1.807, 2.05) is 48.7 Å². The highest BCUT2D eigenvalue weighted by atomic mass is 127. The van der Waals surface area contributed by atoms with Gasteiger partial charge in [-0.3, -0.25) is 39.3 Å². The van der Waals surface area contributed by atoms with E-state index in [9.17, 15) is 59.7 Å². The van der Waals surface area contributed by atoms with Gasteiger partial charge in [0.1, 0.15) is 22.8 Å². The number of rotatable bonds is 31. The Bertz CT molecular complexity index is 7260. The Hall–Kier alpha value is -16.8. The third-order valence-corrected chi connectivity index (χ3v) is 23.1. The average molecular weight is 2020 g/mol. The van der Waals surface area contributed by atoms with E-state index in [1.54, 1.807) is 140 Å². The van der Waals surface area contributed by atoms with Crippen LogP contribution in [0.4, 0.5) is 11.4 Å². The van der Waals surface area contributed by atoms with Crippen molar-refractivity contribution < 1.29 is 135 Å². The zero-order chi connectivity index (χ0) is 101. The number of fused-ring (bicyclic) bond motifs is 5. The first-order valence-corrected chi connectivity index (χ1v) is 43.9. The van der Waals surface area contributed by atoms with Crippen LogP contribution < -0.4 is 86.1 Å². The van der Waals surface area contributed by atoms with E-state index in [0.717, 1.165) is 47.6 Å². The van der Waals surface area contributed by atoms with Gasteiger partial charge >= 0.3 is 0 Å². The number of halogens is 1. The highest BCUT2D eigenvalue weighted by Gasteiger charge is 2.29. The average Bonchev–Trinajstić information content (AvgIpc) is 0.771. The van der Waals surface area contributed by atoms with Crippen molar-refractivity contribution in [2.45, 2.75) is 24.4 Å². The van der Waals surface area contributed by atoms with Crippen LogP contribution in [-0.2, 0) is 24.4 Å². The van der Waals surface area contributed by atoms with Crippen molar-refractivity contribution in [1.29, 1.82) is 0 Å². The fourth-order valence-corrected chi connectivity index (χ4v) is 16.0. The van der Waals surface area contributed by atoms with Gasteiger partial charge in [-0.25, -0.2) is 15.0 Å². The maximum Gasteiger partial charge on any atom is 0.284 e. The summed E-state index contributed by atoms with van der Waals surface area (Å²) >= 11 is 2.31. The fourth-order valence-electron chi connectivity index (χ4n) is 15.4. The van der Waals surface area contributed by atoms with Crippen LogP contribution >= 0.6 is 22.6 Å². The summed E-state index contributed by atoms with van der Waals surface area (Å²) in [5.74, 6) is 4.84. The van der Waals surface area contributed by atoms with E-state index in [-0.39, 0.29) is 86.9 Å². The highest BCUT2D eigenvalue weighted by molar-refractivity contribution is 14.1. The number of benzene rings is 11. The monoisotopic (exact) mass is 2020 g/mol. The Kier molecular flexibility index (Phi) is 34.0. The van der Waals surface area contributed by atoms with Crippen LogP contribution in [0, 0.1) is 10.1 Å². The van der Waals surface area contributed by atoms with E-state index in [2.05, 4.69) is 42.1 Å². The molecule has 7 N–H and O–H groups in total. The van der Waals surface area contributed by atoms with Gasteiger partial charge in [0, 0.05) is 95.3 Å². The Labute approximate surface area is 815 Å². The smallest absolute Gasteiger partial charge is 0.284 e. The van der Waals surface area contributed by atoms with Gasteiger partial charge in [-0.1, -0.05) is 24.3 Å². The second-order valence-corrected chi connectivity index (χ2v) is 30.8. The van der Waals surface area contributed by atoms with Crippen molar-refractivity contribution in [3.8, 4) is 103 Å². The second-order valence-electron chi connectivity index (χ2n) is 30.1. The third kappa shape index (κ3) is 21.8. The molecule has 140 heavy (non-hydrogen) atoms. The SMILES string of the molecule is COc1cc(C(=O)c2ccc3c(-c4ccc(O)cc4)c(CO)ccc3n2)cc(OC)c1OC.COc1cc(C(=O)c2ccc3c(N)c(CO)ccc3n2)cc(OC)c1OC.COc1cc(C(=O)c2ccc3c([N+](=O)[O-])c(CO)ccc3n2)cc(OC)c1OC.COc1cc(C(=O)c2ccc3c(ccc[n+]3CI)c2)cc(OC)c1OC.COc1cc(C(=O)c2ccc3c(ccc[n+]3O)c2)cc(OC)c1OC. The molecule has 0 atom stereocenters. The number of nitro benzene ring substituents is 1. The number of phenolic OH excluding ortho intramolecular Hbond substituents is 1. The maximum absolute atomic E-state index is 13.3. The van der Waals surface area contributed by atoms with Gasteiger partial charge in [-0.05, 0) is 209 Å². The van der Waals surface area contributed by atoms with Crippen molar-refractivity contribution in [3.63, 3.8) is 0 Å². The molecule has 34 nitrogen and oxygen atoms in total. The van der Waals surface area contributed by atoms with Gasteiger partial charge in [0.25, 0.3) is 11.2 Å². The lowest BCUT2D eigenvalue weighted by molar-refractivity contribution is -0.884. The van der Waals surface area contributed by atoms with Crippen molar-refractivity contribution in [1.82, 2.24) is 15.0 Å². The van der Waals surface area contributed by atoms with Crippen LogP contribution in [0.2, 0.25) is 0 Å². The summed E-state index contributed by atoms with van der Waals surface area (Å²) < 4.78 is 83.6. The number of carbonyl (C=O) groups is 5. The van der Waals surface area contributed by atoms with Crippen molar-refractivity contribution in [2.24, 2.45) is 0 Å². The Morgan fingerprint density at radius 2 is 0.664 bits per heavy atom. The summed E-state index contributed by atoms with van der Waals surface area (Å²) in [6.45, 7) is -0.787. The molecule has 0 unspecified atom stereocenters. The predicted molar refractivity (Wildman–Crippen MR) is 528 cm³/mol. The van der Waals surface area contributed by atoms with E-state index in [4.69, 9.17) is 76.8 Å². The molecule has 0 saturated carbocycles. The standard InChI is InChI=1S/C26H23NO6.C20H19INO4.C20H18N2O7.C20H20N2O5.C19H18NO5/c1-31-22-12-17(13-23(32-2)26(22)33-3)25(30)21-11-9-19-20(27-21)10-6-16(14-28)24(19)15-4-7-18(29)8-5-15;1-24-17-10-15(11-18(25-2)20(17)26-3)19(23)14-6-7-16-13(9-14)5-4-8-22(16)12-21;1-27-16-8-12(9-17(28-2)20(16)29-3)19(24)15-7-5-13-14(21-15)6-4-11(10-23)18(13)22(25)26;1-25-16-8-12(9-17(26-2)20(16)27-3)19(24)15-7-5-13-14(22-15)6-4-11(10-23)18(13)21;1-23-16-10-14(11-17(24-2)19(16)25-3)18(21)13-6-7-15-12(9-13)5-4-8-20(15)22/h4-13,28-29H,14H2,1-3H3;4-11H,12H2,1-3H3;4-9,23H,10H2,1-3H3;4-9,23H,10,21H2,1-3H3;4-11,22H,1-3H3/q;+1;;;+1. The van der Waals surface area contributed by atoms with Gasteiger partial charge in [0.15, 0.2) is 79.8 Å². The molecule has 0 aliphatic heterocycles. The van der Waals surface area contributed by atoms with Crippen LogP contribution in [0.25, 0.3) is 65.6 Å². The Morgan fingerprint density at radius 3 is 1.01 bits per heavy atom. The van der Waals surface area contributed by atoms with Crippen LogP contribution in [0.15, 0.2) is 231 Å². The minimum atomic E-state index is -0.573. The molecular formula is C105H98IN7O27+2. The zero-order valence-corrected chi connectivity index (χ0v) is 80.8. The molecule has 0 bridgehead atoms. The number of ether oxygens (including phenoxy) is 15. The number of pyridine rings is 5. The molecule has 35 heteroatoms. The normalized spacial score (nSPS) is 10.7. The van der Waals surface area contributed by atoms with Crippen LogP contribution in [0.1, 0.15) is 96.7 Å². The molecule has 0 amide bonds. The van der Waals surface area contributed by atoms with Gasteiger partial charge in [-0.15, -0.1) is 0 Å². The maximum atomic E-state index is 13.3. The molecule has 0 fully saturated rings. The number of anilines is 1. The van der Waals surface area contributed by atoms with Crippen molar-refractivity contribution in [2.75, 3.05) is 112 Å². The number of methoxy groups -OCH3 is 15. The molecule has 5 aromatic heterocycles. The quantitative estimate of drug-likeness (QED) is 0.00343. The number of nitro groups is 1. The number of aliphatic hydroxyl groups excluding tert-OH is 3. The first-order chi connectivity index (χ1) is 67.7. The fraction of sp³-hybridized carbons (Fsp3) is 0.181. The van der Waals surface area contributed by atoms with Crippen LogP contribution in [0.5, 0.6) is 92.0 Å². The summed E-state index contributed by atoms with van der Waals surface area (Å²) in [4.78, 5) is 89.2. The summed E-state index contributed by atoms with van der Waals surface area (Å²) in [6, 6.07) is 60.6. The summed E-state index contributed by atoms with van der Waals surface area (Å²) in [5, 5.41) is 62.8. The lowest BCUT2D eigenvalue weighted by Gasteiger charge is -2.14. The number of hydrogen-bond donors (Lipinski definition) is 6. The number of aromatic hydroxyl groups is 1. The molecule has 0 saturated heterocycles. The summed E-state index contributed by atoms with van der Waals surface area (Å²) in [6.07, 6.45) is 3.55. The number of ketones is 5. The number of alkyl halides is 1. The van der Waals surface area contributed by atoms with Crippen molar-refractivity contribution >= 4 is 117 Å². The zero-order valence-electron chi connectivity index (χ0n) is 78.6. The number of aromatic nitrogens is 5. The second kappa shape index (κ2) is 46.7. The number of aliphatic hydroxyl groups is 3. The van der Waals surface area contributed by atoms with E-state index in [1.165, 1.54) is 149 Å². The van der Waals surface area contributed by atoms with E-state index in [0.29, 0.717) is 153 Å². The van der Waals surface area contributed by atoms with Crippen LogP contribution in [-0.4, -0.2) is 181 Å². The predicted octanol–water partition coefficient (Wildman–Crippen LogP) is 16.2. The van der Waals surface area contributed by atoms with E-state index < -0.39 is 17.3 Å². The van der Waals surface area contributed by atoms with Gasteiger partial charge in [-0.2, -0.15) is 4.57 Å². The molecule has 720 valence electrons. The number of phenols is 1. The summed E-state index contributed by atoms with van der Waals surface area (Å²) in [7, 11) is 22.4. The largest absolute Gasteiger partial charge is 0.508 e. The molecule has 0 radical (unpaired) electrons. The number of nitrogen functional groups attached to an aromatic ring is 1. The molecule has 16 aromatic rings. The molecule has 0 spiro atoms. The topological polar surface area (TPSA) is 441 Å². The number of carbonyl (C=O) groups excluding carboxylic acids is 5. The first kappa shape index (κ1) is 102. The lowest BCUT2D eigenvalue weighted by Crippen LogP contribution is -2.30. The molecule has 0 aliphatic carbocycles. The Morgan fingerprint density at radius 1 is 0.350 bits per heavy atom. The van der Waals surface area contributed by atoms with Crippen molar-refractivity contribution in [3.05, 3.63) is 314 Å². The van der Waals surface area contributed by atoms with Gasteiger partial charge in [0.05, 0.1) is 164 Å². The molecule has 16 rings (SSSR count). The molecule has 11 aromatic carbocycles. The van der Waals surface area contributed by atoms with Gasteiger partial charge in [0.2, 0.25) is 57.8 Å². The highest BCUT2D eigenvalue weighted by Crippen LogP contribution is 2.45. The minimum Gasteiger partial charge on any atom is -0.508 e. The number of nitrogens with two attached hydrogens (primary N) is 1. The summed E-state index contributed by atoms with van der Waals surface area (Å²) in [5.41, 5.74) is 16.1. The molecular weight excluding hydrogens is 1920 g/mol. The molecule has 5 heterocycles. The van der Waals surface area contributed by atoms with E-state index >= 15 is 0 Å². The number of hydrogen-bond acceptors (Lipinski definition) is 31. The number of nitrogens with zero attached hydrogens (tertiary/aromatic N) is 6. The van der Waals surface area contributed by atoms with Gasteiger partial charge < -0.3 is 97.2 Å². The lowest BCUT2D eigenvalue weighted by atomic mass is 9.94. The van der Waals surface area contributed by atoms with Crippen LogP contribution in [0.3, 0.4) is 0 Å². The minimum absolute atomic E-state index is 0.0952. The third-order valence-electron chi connectivity index (χ3n) is 22.4.